The fraction of sp³-hybridized carbons (Fsp3) is 0.190. The Morgan fingerprint density at radius 1 is 1.11 bits per heavy atom. The van der Waals surface area contributed by atoms with Crippen LogP contribution in [0.1, 0.15) is 23.2 Å². The van der Waals surface area contributed by atoms with Gasteiger partial charge >= 0.3 is 5.97 Å². The summed E-state index contributed by atoms with van der Waals surface area (Å²) in [6, 6.07) is 15.0. The number of nitrogens with zero attached hydrogens (tertiary/aromatic N) is 3. The molecule has 0 amide bonds. The minimum atomic E-state index is -0.975. The monoisotopic (exact) mass is 359 g/mol. The summed E-state index contributed by atoms with van der Waals surface area (Å²) in [5.41, 5.74) is 2.89. The molecular weight excluding hydrogens is 342 g/mol. The maximum absolute atomic E-state index is 11.3. The highest BCUT2D eigenvalue weighted by atomic mass is 16.4. The van der Waals surface area contributed by atoms with E-state index in [-0.39, 0.29) is 5.56 Å². The van der Waals surface area contributed by atoms with Crippen molar-refractivity contribution in [2.75, 3.05) is 11.9 Å². The van der Waals surface area contributed by atoms with E-state index in [1.807, 2.05) is 37.4 Å². The van der Waals surface area contributed by atoms with Gasteiger partial charge in [-0.15, -0.1) is 0 Å². The van der Waals surface area contributed by atoms with Crippen molar-refractivity contribution in [3.63, 3.8) is 0 Å². The third-order valence-corrected chi connectivity index (χ3v) is 4.98. The summed E-state index contributed by atoms with van der Waals surface area (Å²) in [6.45, 7) is 0. The molecular formula is C21H17N3O3. The molecule has 0 saturated heterocycles. The Bertz CT molecular complexity index is 1160. The van der Waals surface area contributed by atoms with Crippen LogP contribution in [-0.2, 0) is 0 Å². The van der Waals surface area contributed by atoms with Gasteiger partial charge in [0.1, 0.15) is 11.3 Å². The zero-order valence-electron chi connectivity index (χ0n) is 14.7. The van der Waals surface area contributed by atoms with Crippen molar-refractivity contribution in [3.05, 3.63) is 54.1 Å². The van der Waals surface area contributed by atoms with Crippen LogP contribution < -0.4 is 4.90 Å². The number of hydrogen-bond acceptors (Lipinski definition) is 5. The summed E-state index contributed by atoms with van der Waals surface area (Å²) >= 11 is 0. The first-order valence-corrected chi connectivity index (χ1v) is 8.87. The van der Waals surface area contributed by atoms with Crippen molar-refractivity contribution in [3.8, 4) is 11.5 Å². The summed E-state index contributed by atoms with van der Waals surface area (Å²) in [5.74, 6) is 0.402. The van der Waals surface area contributed by atoms with Crippen LogP contribution in [0.3, 0.4) is 0 Å². The van der Waals surface area contributed by atoms with Crippen molar-refractivity contribution in [2.24, 2.45) is 0 Å². The average Bonchev–Trinajstić information content (AvgIpc) is 3.44. The molecule has 0 bridgehead atoms. The van der Waals surface area contributed by atoms with E-state index in [9.17, 15) is 9.90 Å². The Hall–Kier alpha value is -3.41. The highest BCUT2D eigenvalue weighted by Crippen LogP contribution is 2.37. The van der Waals surface area contributed by atoms with E-state index in [0.717, 1.165) is 23.8 Å². The molecule has 2 heterocycles. The van der Waals surface area contributed by atoms with Gasteiger partial charge in [-0.1, -0.05) is 18.2 Å². The number of rotatable bonds is 4. The van der Waals surface area contributed by atoms with Crippen molar-refractivity contribution >= 4 is 33.8 Å². The molecule has 5 rings (SSSR count). The van der Waals surface area contributed by atoms with E-state index in [2.05, 4.69) is 4.90 Å². The molecule has 27 heavy (non-hydrogen) atoms. The minimum Gasteiger partial charge on any atom is -0.478 e. The van der Waals surface area contributed by atoms with Crippen LogP contribution in [-0.4, -0.2) is 34.1 Å². The Morgan fingerprint density at radius 2 is 1.93 bits per heavy atom. The fourth-order valence-corrected chi connectivity index (χ4v) is 3.32. The van der Waals surface area contributed by atoms with E-state index >= 15 is 0 Å². The van der Waals surface area contributed by atoms with Gasteiger partial charge in [-0.2, -0.15) is 0 Å². The number of aromatic carboxylic acids is 1. The lowest BCUT2D eigenvalue weighted by Crippen LogP contribution is -2.22. The zero-order chi connectivity index (χ0) is 18.5. The second-order valence-electron chi connectivity index (χ2n) is 6.90. The normalized spacial score (nSPS) is 14.0. The van der Waals surface area contributed by atoms with Gasteiger partial charge < -0.3 is 14.4 Å². The lowest BCUT2D eigenvalue weighted by molar-refractivity contribution is 0.0697. The lowest BCUT2D eigenvalue weighted by Gasteiger charge is -2.20. The van der Waals surface area contributed by atoms with E-state index in [1.165, 1.54) is 0 Å². The first-order valence-electron chi connectivity index (χ1n) is 8.87. The summed E-state index contributed by atoms with van der Waals surface area (Å²) < 4.78 is 6.03. The Kier molecular flexibility index (Phi) is 3.40. The van der Waals surface area contributed by atoms with Crippen LogP contribution in [0.2, 0.25) is 0 Å². The van der Waals surface area contributed by atoms with Crippen molar-refractivity contribution < 1.29 is 14.3 Å². The number of fused-ring (bicyclic) bond motifs is 2. The zero-order valence-corrected chi connectivity index (χ0v) is 14.7. The molecule has 2 aromatic carbocycles. The topological polar surface area (TPSA) is 79.5 Å². The Balaban J connectivity index is 1.74. The first kappa shape index (κ1) is 15.8. The maximum Gasteiger partial charge on any atom is 0.335 e. The number of furan rings is 1. The summed E-state index contributed by atoms with van der Waals surface area (Å²) in [4.78, 5) is 23.0. The molecule has 0 radical (unpaired) electrons. The van der Waals surface area contributed by atoms with Gasteiger partial charge in [0.05, 0.1) is 16.6 Å². The maximum atomic E-state index is 11.3. The lowest BCUT2D eigenvalue weighted by atomic mass is 10.1. The van der Waals surface area contributed by atoms with E-state index in [1.54, 1.807) is 18.2 Å². The van der Waals surface area contributed by atoms with Gasteiger partial charge in [0.25, 0.3) is 0 Å². The van der Waals surface area contributed by atoms with Gasteiger partial charge in [0.15, 0.2) is 11.6 Å². The van der Waals surface area contributed by atoms with Crippen LogP contribution in [0.5, 0.6) is 0 Å². The van der Waals surface area contributed by atoms with Crippen molar-refractivity contribution in [2.45, 2.75) is 18.9 Å². The second-order valence-corrected chi connectivity index (χ2v) is 6.90. The number of benzene rings is 2. The Morgan fingerprint density at radius 3 is 2.67 bits per heavy atom. The van der Waals surface area contributed by atoms with Crippen LogP contribution >= 0.6 is 0 Å². The first-order chi connectivity index (χ1) is 13.1. The molecule has 1 fully saturated rings. The van der Waals surface area contributed by atoms with Gasteiger partial charge in [-0.3, -0.25) is 0 Å². The average molecular weight is 359 g/mol. The van der Waals surface area contributed by atoms with Gasteiger partial charge in [0.2, 0.25) is 0 Å². The van der Waals surface area contributed by atoms with Gasteiger partial charge in [-0.05, 0) is 43.2 Å². The molecule has 1 aliphatic rings. The van der Waals surface area contributed by atoms with Crippen LogP contribution in [0.15, 0.2) is 52.9 Å². The molecule has 6 nitrogen and oxygen atoms in total. The highest BCUT2D eigenvalue weighted by Gasteiger charge is 2.30. The number of anilines is 1. The third-order valence-electron chi connectivity index (χ3n) is 4.98. The van der Waals surface area contributed by atoms with E-state index in [0.29, 0.717) is 34.3 Å². The number of hydrogen-bond donors (Lipinski definition) is 1. The second kappa shape index (κ2) is 5.81. The number of carboxylic acid groups (broad SMARTS) is 1. The third kappa shape index (κ3) is 2.70. The highest BCUT2D eigenvalue weighted by molar-refractivity contribution is 5.94. The smallest absolute Gasteiger partial charge is 0.335 e. The molecule has 1 aliphatic carbocycles. The number of carbonyl (C=O) groups is 1. The predicted molar refractivity (Wildman–Crippen MR) is 103 cm³/mol. The van der Waals surface area contributed by atoms with E-state index in [4.69, 9.17) is 14.4 Å². The SMILES string of the molecule is CN(c1nc2cc(C(=O)O)ccc2nc1-c1cc2ccccc2o1)C1CC1. The number of aromatic nitrogens is 2. The summed E-state index contributed by atoms with van der Waals surface area (Å²) in [5, 5.41) is 10.3. The van der Waals surface area contributed by atoms with Crippen molar-refractivity contribution in [1.82, 2.24) is 9.97 Å². The molecule has 0 aliphatic heterocycles. The Labute approximate surface area is 155 Å². The van der Waals surface area contributed by atoms with E-state index < -0.39 is 5.97 Å². The summed E-state index contributed by atoms with van der Waals surface area (Å²) in [6.07, 6.45) is 2.23. The molecule has 1 N–H and O–H groups in total. The van der Waals surface area contributed by atoms with Gasteiger partial charge in [0, 0.05) is 18.5 Å². The number of carboxylic acids is 1. The van der Waals surface area contributed by atoms with Gasteiger partial charge in [-0.25, -0.2) is 14.8 Å². The molecule has 6 heteroatoms. The molecule has 4 aromatic rings. The van der Waals surface area contributed by atoms with Crippen LogP contribution in [0, 0.1) is 0 Å². The molecule has 0 spiro atoms. The molecule has 0 atom stereocenters. The molecule has 1 saturated carbocycles. The molecule has 2 aromatic heterocycles. The fourth-order valence-electron chi connectivity index (χ4n) is 3.32. The van der Waals surface area contributed by atoms with Crippen LogP contribution in [0.4, 0.5) is 5.82 Å². The minimum absolute atomic E-state index is 0.202. The van der Waals surface area contributed by atoms with Crippen molar-refractivity contribution in [1.29, 1.82) is 0 Å². The van der Waals surface area contributed by atoms with Crippen LogP contribution in [0.25, 0.3) is 33.5 Å². The standard InChI is InChI=1S/C21H17N3O3/c1-24(14-7-8-14)20-19(18-11-12-4-2-3-5-17(12)27-18)22-15-9-6-13(21(25)26)10-16(15)23-20/h2-6,9-11,14H,7-8H2,1H3,(H,25,26). The largest absolute Gasteiger partial charge is 0.478 e. The number of para-hydroxylation sites is 1. The molecule has 134 valence electrons. The quantitative estimate of drug-likeness (QED) is 0.584. The molecule has 0 unspecified atom stereocenters. The summed E-state index contributed by atoms with van der Waals surface area (Å²) in [7, 11) is 2.00. The predicted octanol–water partition coefficient (Wildman–Crippen LogP) is 4.34.